The van der Waals surface area contributed by atoms with E-state index in [1.165, 1.54) is 12.8 Å². The number of carbonyl (C=O) groups is 1. The van der Waals surface area contributed by atoms with Gasteiger partial charge < -0.3 is 0 Å². The molecule has 0 bridgehead atoms. The average molecular weight is 244 g/mol. The highest BCUT2D eigenvalue weighted by atomic mass is 16.1. The molecule has 0 aromatic heterocycles. The molecule has 0 amide bonds. The van der Waals surface area contributed by atoms with Gasteiger partial charge in [-0.25, -0.2) is 0 Å². The monoisotopic (exact) mass is 244 g/mol. The summed E-state index contributed by atoms with van der Waals surface area (Å²) in [5.41, 5.74) is 0. The number of carbonyl (C=O) groups excluding carboxylic acids is 1. The van der Waals surface area contributed by atoms with Crippen LogP contribution in [-0.2, 0) is 4.79 Å². The van der Waals surface area contributed by atoms with Crippen molar-refractivity contribution in [3.8, 4) is 0 Å². The minimum Gasteiger partial charge on any atom is -0.299 e. The second kappa shape index (κ2) is 29.5. The Morgan fingerprint density at radius 3 is 1.53 bits per heavy atom. The van der Waals surface area contributed by atoms with Crippen LogP contribution in [0.25, 0.3) is 0 Å². The Labute approximate surface area is 111 Å². The highest BCUT2D eigenvalue weighted by Gasteiger charge is 1.99. The van der Waals surface area contributed by atoms with Crippen LogP contribution in [0.2, 0.25) is 0 Å². The molecule has 0 aromatic rings. The summed E-state index contributed by atoms with van der Waals surface area (Å²) < 4.78 is 0. The molecule has 0 spiro atoms. The van der Waals surface area contributed by atoms with E-state index in [4.69, 9.17) is 0 Å². The van der Waals surface area contributed by atoms with Gasteiger partial charge in [-0.1, -0.05) is 80.4 Å². The van der Waals surface area contributed by atoms with Gasteiger partial charge in [0.25, 0.3) is 0 Å². The lowest BCUT2D eigenvalue weighted by atomic mass is 10.1. The van der Waals surface area contributed by atoms with Gasteiger partial charge in [-0.3, -0.25) is 4.79 Å². The first-order chi connectivity index (χ1) is 8.09. The van der Waals surface area contributed by atoms with Crippen molar-refractivity contribution >= 4 is 5.78 Å². The number of Topliss-reactive ketones (excluding diaryl/α,β-unsaturated/α-hetero) is 1. The summed E-state index contributed by atoms with van der Waals surface area (Å²) in [6.07, 6.45) is 7.62. The van der Waals surface area contributed by atoms with Crippen LogP contribution in [0.1, 0.15) is 81.6 Å². The predicted molar refractivity (Wildman–Crippen MR) is 82.6 cm³/mol. The maximum Gasteiger partial charge on any atom is 0.136 e. The minimum absolute atomic E-state index is 0.102. The van der Waals surface area contributed by atoms with E-state index in [-0.39, 0.29) is 11.7 Å². The van der Waals surface area contributed by atoms with Gasteiger partial charge >= 0.3 is 0 Å². The summed E-state index contributed by atoms with van der Waals surface area (Å²) in [6.45, 7) is 17.9. The van der Waals surface area contributed by atoms with Gasteiger partial charge in [-0.2, -0.15) is 0 Å². The van der Waals surface area contributed by atoms with E-state index in [0.717, 1.165) is 6.42 Å². The van der Waals surface area contributed by atoms with Crippen LogP contribution in [0.3, 0.4) is 0 Å². The molecule has 1 nitrogen and oxygen atoms in total. The quantitative estimate of drug-likeness (QED) is 0.551. The van der Waals surface area contributed by atoms with E-state index < -0.39 is 0 Å². The fourth-order valence-electron chi connectivity index (χ4n) is 0.476. The molecule has 106 valence electrons. The van der Waals surface area contributed by atoms with Crippen LogP contribution in [0.15, 0.2) is 12.2 Å². The first-order valence-electron chi connectivity index (χ1n) is 7.27. The van der Waals surface area contributed by atoms with Crippen molar-refractivity contribution in [3.63, 3.8) is 0 Å². The van der Waals surface area contributed by atoms with Crippen LogP contribution >= 0.6 is 0 Å². The Hall–Kier alpha value is -0.590. The molecular formula is C16H36O. The Morgan fingerprint density at radius 2 is 1.35 bits per heavy atom. The van der Waals surface area contributed by atoms with Crippen molar-refractivity contribution in [2.24, 2.45) is 5.92 Å². The third kappa shape index (κ3) is 39.2. The van der Waals surface area contributed by atoms with Gasteiger partial charge in [0, 0.05) is 5.92 Å². The van der Waals surface area contributed by atoms with E-state index >= 15 is 0 Å². The molecule has 0 unspecified atom stereocenters. The number of hydrogen-bond donors (Lipinski definition) is 0. The van der Waals surface area contributed by atoms with Crippen LogP contribution in [0, 0.1) is 5.92 Å². The molecule has 0 N–H and O–H groups in total. The molecule has 0 rings (SSSR count). The number of hydrogen-bond acceptors (Lipinski definition) is 1. The fraction of sp³-hybridized carbons (Fsp3) is 0.812. The van der Waals surface area contributed by atoms with Crippen LogP contribution in [0.4, 0.5) is 0 Å². The summed E-state index contributed by atoms with van der Waals surface area (Å²) in [5.74, 6) is 0.338. The number of ketones is 1. The summed E-state index contributed by atoms with van der Waals surface area (Å²) in [4.78, 5) is 10.6. The molecule has 0 aliphatic rings. The van der Waals surface area contributed by atoms with Gasteiger partial charge in [-0.05, 0) is 13.3 Å². The van der Waals surface area contributed by atoms with E-state index in [9.17, 15) is 4.79 Å². The zero-order chi connectivity index (χ0) is 14.7. The lowest BCUT2D eigenvalue weighted by Crippen LogP contribution is -2.01. The summed E-state index contributed by atoms with van der Waals surface area (Å²) >= 11 is 0. The van der Waals surface area contributed by atoms with Crippen molar-refractivity contribution < 1.29 is 4.79 Å². The van der Waals surface area contributed by atoms with E-state index in [0.29, 0.717) is 0 Å². The third-order valence-electron chi connectivity index (χ3n) is 1.80. The first-order valence-corrected chi connectivity index (χ1v) is 7.27. The lowest BCUT2D eigenvalue weighted by Gasteiger charge is -1.96. The fourth-order valence-corrected chi connectivity index (χ4v) is 0.476. The van der Waals surface area contributed by atoms with Gasteiger partial charge in [0.05, 0.1) is 0 Å². The topological polar surface area (TPSA) is 17.1 Å². The van der Waals surface area contributed by atoms with Crippen molar-refractivity contribution in [1.82, 2.24) is 0 Å². The van der Waals surface area contributed by atoms with Gasteiger partial charge in [0.1, 0.15) is 5.78 Å². The second-order valence-electron chi connectivity index (χ2n) is 3.24. The van der Waals surface area contributed by atoms with Gasteiger partial charge in [0.2, 0.25) is 0 Å². The molecule has 1 heteroatoms. The molecule has 0 saturated heterocycles. The number of rotatable bonds is 4. The molecule has 17 heavy (non-hydrogen) atoms. The maximum atomic E-state index is 10.6. The zero-order valence-electron chi connectivity index (χ0n) is 13.8. The van der Waals surface area contributed by atoms with Crippen molar-refractivity contribution in [1.29, 1.82) is 0 Å². The zero-order valence-corrected chi connectivity index (χ0v) is 13.8. The lowest BCUT2D eigenvalue weighted by molar-refractivity contribution is -0.118. The van der Waals surface area contributed by atoms with E-state index in [1.807, 2.05) is 46.8 Å². The molecule has 0 aliphatic carbocycles. The van der Waals surface area contributed by atoms with E-state index in [2.05, 4.69) is 20.8 Å². The Kier molecular flexibility index (Phi) is 43.9. The highest BCUT2D eigenvalue weighted by molar-refractivity contribution is 5.79. The van der Waals surface area contributed by atoms with Gasteiger partial charge in [0.15, 0.2) is 0 Å². The smallest absolute Gasteiger partial charge is 0.136 e. The third-order valence-corrected chi connectivity index (χ3v) is 1.80. The molecule has 0 fully saturated rings. The minimum atomic E-state index is 0.102. The first kappa shape index (κ1) is 25.3. The predicted octanol–water partition coefficient (Wildman–Crippen LogP) is 6.04. The van der Waals surface area contributed by atoms with Crippen molar-refractivity contribution in [2.75, 3.05) is 0 Å². The van der Waals surface area contributed by atoms with Crippen LogP contribution < -0.4 is 0 Å². The maximum absolute atomic E-state index is 10.6. The Bertz CT molecular complexity index is 134. The Balaban J connectivity index is -0.0000000887. The summed E-state index contributed by atoms with van der Waals surface area (Å²) in [6, 6.07) is 0. The normalized spacial score (nSPS) is 9.94. The van der Waals surface area contributed by atoms with Crippen LogP contribution in [-0.4, -0.2) is 5.78 Å². The largest absolute Gasteiger partial charge is 0.299 e. The standard InChI is InChI=1S/C8H14O.C4H10.2C2H6/c1-4-5-6-7(2)8(3)9;1-3-4-2;2*1-2/h5-7H,4H2,1-3H3;3-4H2,1-2H3;2*1-2H3/b6-5-;;;/t7-;;;/m0.../s1. The van der Waals surface area contributed by atoms with Crippen molar-refractivity contribution in [3.05, 3.63) is 12.2 Å². The second-order valence-corrected chi connectivity index (χ2v) is 3.24. The number of allylic oxidation sites excluding steroid dienone is 2. The summed E-state index contributed by atoms with van der Waals surface area (Å²) in [7, 11) is 0. The molecule has 0 radical (unpaired) electrons. The SMILES string of the molecule is CC.CC.CC/C=C\[C@H](C)C(C)=O.CCCC. The molecule has 1 atom stereocenters. The average Bonchev–Trinajstić information content (AvgIpc) is 2.40. The molecular weight excluding hydrogens is 208 g/mol. The molecule has 0 aromatic carbocycles. The van der Waals surface area contributed by atoms with E-state index in [1.54, 1.807) is 6.92 Å². The Morgan fingerprint density at radius 1 is 1.00 bits per heavy atom. The highest BCUT2D eigenvalue weighted by Crippen LogP contribution is 1.98. The molecule has 0 heterocycles. The van der Waals surface area contributed by atoms with Gasteiger partial charge in [-0.15, -0.1) is 0 Å². The molecule has 0 saturated carbocycles. The van der Waals surface area contributed by atoms with Crippen LogP contribution in [0.5, 0.6) is 0 Å². The number of unbranched alkanes of at least 4 members (excludes halogenated alkanes) is 1. The summed E-state index contributed by atoms with van der Waals surface area (Å²) in [5, 5.41) is 0. The molecule has 0 aliphatic heterocycles. The van der Waals surface area contributed by atoms with Crippen molar-refractivity contribution in [2.45, 2.75) is 81.6 Å².